The van der Waals surface area contributed by atoms with Crippen molar-refractivity contribution in [2.45, 2.75) is 0 Å². The van der Waals surface area contributed by atoms with E-state index in [4.69, 9.17) is 5.50 Å². The van der Waals surface area contributed by atoms with Crippen molar-refractivity contribution >= 4 is 23.3 Å². The highest BCUT2D eigenvalue weighted by Crippen LogP contribution is 2.46. The Hall–Kier alpha value is -1.99. The molecule has 0 spiro atoms. The van der Waals surface area contributed by atoms with Crippen LogP contribution in [0.4, 0.5) is 0 Å². The fraction of sp³-hybridized carbons (Fsp3) is 0. The van der Waals surface area contributed by atoms with Gasteiger partial charge in [0.25, 0.3) is 0 Å². The molecule has 0 aliphatic carbocycles. The second-order valence-electron chi connectivity index (χ2n) is 4.73. The first-order chi connectivity index (χ1) is 9.82. The molecule has 3 rings (SSSR count). The van der Waals surface area contributed by atoms with Crippen LogP contribution in [0.25, 0.3) is 0 Å². The van der Waals surface area contributed by atoms with Gasteiger partial charge in [0.15, 0.2) is 7.41 Å². The Morgan fingerprint density at radius 1 is 0.476 bits per heavy atom. The fourth-order valence-electron chi connectivity index (χ4n) is 2.44. The van der Waals surface area contributed by atoms with E-state index in [1.807, 2.05) is 18.2 Å². The molecule has 0 atom stereocenters. The van der Waals surface area contributed by atoms with Gasteiger partial charge in [-0.05, 0) is 36.4 Å². The number of benzene rings is 3. The highest BCUT2D eigenvalue weighted by molar-refractivity contribution is 7.93. The summed E-state index contributed by atoms with van der Waals surface area (Å²) in [5.74, 6) is 0. The molecular weight excluding hydrogens is 277 g/mol. The monoisotopic (exact) mass is 296 g/mol. The smallest absolute Gasteiger partial charge is 0.175 e. The zero-order valence-corrected chi connectivity index (χ0v) is 12.6. The minimum absolute atomic E-state index is 0. The molecule has 0 aromatic heterocycles. The maximum Gasteiger partial charge on any atom is 0.175 e. The SMILES string of the molecule is N[P+](c1ccccc1)(c1ccccc1)c1ccccc1.O. The molecule has 0 saturated carbocycles. The van der Waals surface area contributed by atoms with Gasteiger partial charge < -0.3 is 5.48 Å². The van der Waals surface area contributed by atoms with E-state index >= 15 is 0 Å². The Morgan fingerprint density at radius 2 is 0.714 bits per heavy atom. The van der Waals surface area contributed by atoms with E-state index < -0.39 is 7.41 Å². The molecule has 0 amide bonds. The first-order valence-corrected chi connectivity index (χ1v) is 8.52. The second-order valence-corrected chi connectivity index (χ2v) is 7.72. The predicted octanol–water partition coefficient (Wildman–Crippen LogP) is 2.03. The van der Waals surface area contributed by atoms with Crippen molar-refractivity contribution in [3.63, 3.8) is 0 Å². The third kappa shape index (κ3) is 2.88. The molecule has 2 nitrogen and oxygen atoms in total. The van der Waals surface area contributed by atoms with Crippen LogP contribution in [0.15, 0.2) is 91.0 Å². The van der Waals surface area contributed by atoms with E-state index in [1.165, 1.54) is 15.9 Å². The van der Waals surface area contributed by atoms with Gasteiger partial charge in [-0.3, -0.25) is 0 Å². The lowest BCUT2D eigenvalue weighted by Gasteiger charge is -2.21. The molecule has 0 aliphatic rings. The van der Waals surface area contributed by atoms with Gasteiger partial charge in [-0.1, -0.05) is 54.6 Å². The van der Waals surface area contributed by atoms with E-state index in [1.54, 1.807) is 0 Å². The summed E-state index contributed by atoms with van der Waals surface area (Å²) >= 11 is 0. The van der Waals surface area contributed by atoms with E-state index in [0.717, 1.165) is 0 Å². The first-order valence-electron chi connectivity index (χ1n) is 6.66. The Morgan fingerprint density at radius 3 is 0.952 bits per heavy atom. The zero-order chi connectivity index (χ0) is 13.8. The molecule has 0 bridgehead atoms. The lowest BCUT2D eigenvalue weighted by molar-refractivity contribution is 0.824. The quantitative estimate of drug-likeness (QED) is 0.739. The first kappa shape index (κ1) is 15.4. The fourth-order valence-corrected chi connectivity index (χ4v) is 5.26. The van der Waals surface area contributed by atoms with Crippen LogP contribution >= 0.6 is 7.41 Å². The minimum atomic E-state index is -2.03. The Bertz CT molecular complexity index is 575. The van der Waals surface area contributed by atoms with Crippen LogP contribution < -0.4 is 21.4 Å². The summed E-state index contributed by atoms with van der Waals surface area (Å²) in [6.07, 6.45) is 0. The number of nitrogens with two attached hydrogens (primary N) is 1. The molecular formula is C18H19NOP+. The van der Waals surface area contributed by atoms with Crippen molar-refractivity contribution in [3.8, 4) is 0 Å². The van der Waals surface area contributed by atoms with Crippen LogP contribution in [0.2, 0.25) is 0 Å². The maximum atomic E-state index is 6.97. The largest absolute Gasteiger partial charge is 0.412 e. The van der Waals surface area contributed by atoms with Crippen LogP contribution in [0.1, 0.15) is 0 Å². The van der Waals surface area contributed by atoms with Crippen molar-refractivity contribution in [2.24, 2.45) is 5.50 Å². The molecule has 0 unspecified atom stereocenters. The van der Waals surface area contributed by atoms with E-state index in [2.05, 4.69) is 72.8 Å². The van der Waals surface area contributed by atoms with Crippen molar-refractivity contribution in [1.82, 2.24) is 0 Å². The maximum absolute atomic E-state index is 6.97. The van der Waals surface area contributed by atoms with Crippen molar-refractivity contribution in [1.29, 1.82) is 0 Å². The summed E-state index contributed by atoms with van der Waals surface area (Å²) < 4.78 is 0. The molecule has 0 aliphatic heterocycles. The summed E-state index contributed by atoms with van der Waals surface area (Å²) in [6.45, 7) is 0. The molecule has 4 N–H and O–H groups in total. The van der Waals surface area contributed by atoms with E-state index in [9.17, 15) is 0 Å². The standard InChI is InChI=1S/C18H17NP.H2O/c19-20(16-10-4-1-5-11-16,17-12-6-2-7-13-17)18-14-8-3-9-15-18;/h1-15H,19H2;1H2/q+1;. The van der Waals surface area contributed by atoms with Gasteiger partial charge in [0, 0.05) is 0 Å². The van der Waals surface area contributed by atoms with Gasteiger partial charge in [-0.2, -0.15) is 5.50 Å². The molecule has 106 valence electrons. The summed E-state index contributed by atoms with van der Waals surface area (Å²) in [7, 11) is -2.03. The highest BCUT2D eigenvalue weighted by Gasteiger charge is 2.41. The normalized spacial score (nSPS) is 10.7. The number of hydrogen-bond acceptors (Lipinski definition) is 1. The van der Waals surface area contributed by atoms with Gasteiger partial charge in [0.05, 0.1) is 0 Å². The predicted molar refractivity (Wildman–Crippen MR) is 92.9 cm³/mol. The van der Waals surface area contributed by atoms with E-state index in [-0.39, 0.29) is 5.48 Å². The van der Waals surface area contributed by atoms with Crippen LogP contribution in [-0.4, -0.2) is 5.48 Å². The van der Waals surface area contributed by atoms with Gasteiger partial charge >= 0.3 is 0 Å². The Kier molecular flexibility index (Phi) is 4.87. The van der Waals surface area contributed by atoms with Crippen LogP contribution in [-0.2, 0) is 0 Å². The highest BCUT2D eigenvalue weighted by atomic mass is 31.2. The molecule has 0 fully saturated rings. The Labute approximate surface area is 126 Å². The Balaban J connectivity index is 0.00000161. The molecule has 3 aromatic carbocycles. The summed E-state index contributed by atoms with van der Waals surface area (Å²) in [4.78, 5) is 0. The average molecular weight is 296 g/mol. The van der Waals surface area contributed by atoms with Crippen molar-refractivity contribution in [2.75, 3.05) is 0 Å². The summed E-state index contributed by atoms with van der Waals surface area (Å²) in [5, 5.41) is 3.62. The lowest BCUT2D eigenvalue weighted by atomic mass is 10.4. The summed E-state index contributed by atoms with van der Waals surface area (Å²) in [5.41, 5.74) is 6.97. The molecule has 3 aromatic rings. The summed E-state index contributed by atoms with van der Waals surface area (Å²) in [6, 6.07) is 31.2. The van der Waals surface area contributed by atoms with Crippen molar-refractivity contribution < 1.29 is 5.48 Å². The van der Waals surface area contributed by atoms with Crippen molar-refractivity contribution in [3.05, 3.63) is 91.0 Å². The average Bonchev–Trinajstić information content (AvgIpc) is 2.56. The molecule has 3 heteroatoms. The molecule has 0 saturated heterocycles. The van der Waals surface area contributed by atoms with Crippen LogP contribution in [0.3, 0.4) is 0 Å². The minimum Gasteiger partial charge on any atom is -0.412 e. The van der Waals surface area contributed by atoms with Gasteiger partial charge in [0.2, 0.25) is 0 Å². The topological polar surface area (TPSA) is 57.5 Å². The second kappa shape index (κ2) is 6.64. The van der Waals surface area contributed by atoms with E-state index in [0.29, 0.717) is 0 Å². The third-order valence-corrected chi connectivity index (χ3v) is 6.83. The lowest BCUT2D eigenvalue weighted by Crippen LogP contribution is -2.36. The number of hydrogen-bond donors (Lipinski definition) is 1. The van der Waals surface area contributed by atoms with Gasteiger partial charge in [-0.15, -0.1) is 0 Å². The molecule has 0 radical (unpaired) electrons. The molecule has 0 heterocycles. The van der Waals surface area contributed by atoms with Gasteiger partial charge in [-0.25, -0.2) is 0 Å². The van der Waals surface area contributed by atoms with Gasteiger partial charge in [0.1, 0.15) is 15.9 Å². The van der Waals surface area contributed by atoms with Crippen LogP contribution in [0, 0.1) is 0 Å². The number of rotatable bonds is 3. The zero-order valence-electron chi connectivity index (χ0n) is 11.7. The van der Waals surface area contributed by atoms with Crippen LogP contribution in [0.5, 0.6) is 0 Å². The third-order valence-electron chi connectivity index (χ3n) is 3.49. The molecule has 21 heavy (non-hydrogen) atoms.